The summed E-state index contributed by atoms with van der Waals surface area (Å²) in [6.45, 7) is 6.42. The molecule has 90 valence electrons. The number of benzene rings is 1. The number of nitrogens with one attached hydrogen (secondary N) is 1. The van der Waals surface area contributed by atoms with Crippen molar-refractivity contribution in [3.05, 3.63) is 46.8 Å². The van der Waals surface area contributed by atoms with Crippen LogP contribution in [0.2, 0.25) is 0 Å². The Balaban J connectivity index is 2.25. The topological polar surface area (TPSA) is 12.0 Å². The van der Waals surface area contributed by atoms with Gasteiger partial charge in [0, 0.05) is 11.4 Å². The Morgan fingerprint density at radius 1 is 1.18 bits per heavy atom. The molecular formula is C15H19NS. The van der Waals surface area contributed by atoms with Crippen molar-refractivity contribution in [3.63, 3.8) is 0 Å². The molecule has 0 unspecified atom stereocenters. The normalized spacial score (nSPS) is 10.7. The number of hydrogen-bond donors (Lipinski definition) is 1. The van der Waals surface area contributed by atoms with Gasteiger partial charge in [-0.05, 0) is 48.0 Å². The first-order valence-corrected chi connectivity index (χ1v) is 7.04. The number of hydrogen-bond acceptors (Lipinski definition) is 2. The summed E-state index contributed by atoms with van der Waals surface area (Å²) in [6.07, 6.45) is 1.18. The van der Waals surface area contributed by atoms with Crippen molar-refractivity contribution in [1.29, 1.82) is 0 Å². The molecule has 0 bridgehead atoms. The highest BCUT2D eigenvalue weighted by molar-refractivity contribution is 7.13. The molecule has 2 aromatic rings. The number of aryl methyl sites for hydroxylation is 1. The fraction of sp³-hybridized carbons (Fsp3) is 0.333. The van der Waals surface area contributed by atoms with Gasteiger partial charge in [-0.2, -0.15) is 0 Å². The summed E-state index contributed by atoms with van der Waals surface area (Å²) >= 11 is 1.83. The minimum absolute atomic E-state index is 0.960. The monoisotopic (exact) mass is 245 g/mol. The van der Waals surface area contributed by atoms with Crippen LogP contribution in [0.15, 0.2) is 35.7 Å². The Kier molecular flexibility index (Phi) is 4.35. The molecule has 0 amide bonds. The van der Waals surface area contributed by atoms with Crippen LogP contribution >= 0.6 is 11.3 Å². The molecule has 2 heteroatoms. The molecule has 2 rings (SSSR count). The van der Waals surface area contributed by atoms with Crippen LogP contribution in [-0.2, 0) is 6.54 Å². The van der Waals surface area contributed by atoms with Crippen LogP contribution in [0.3, 0.4) is 0 Å². The van der Waals surface area contributed by atoms with E-state index in [1.807, 2.05) is 11.3 Å². The smallest absolute Gasteiger partial charge is 0.0375 e. The fourth-order valence-electron chi connectivity index (χ4n) is 1.94. The average Bonchev–Trinajstić information content (AvgIpc) is 2.76. The minimum atomic E-state index is 0.960. The lowest BCUT2D eigenvalue weighted by Gasteiger charge is -2.09. The van der Waals surface area contributed by atoms with Crippen LogP contribution in [0.5, 0.6) is 0 Å². The first-order valence-electron chi connectivity index (χ1n) is 6.16. The Bertz CT molecular complexity index is 473. The van der Waals surface area contributed by atoms with E-state index in [1.165, 1.54) is 28.0 Å². The van der Waals surface area contributed by atoms with E-state index in [9.17, 15) is 0 Å². The largest absolute Gasteiger partial charge is 0.313 e. The van der Waals surface area contributed by atoms with Crippen molar-refractivity contribution in [2.24, 2.45) is 0 Å². The lowest BCUT2D eigenvalue weighted by atomic mass is 10.0. The van der Waals surface area contributed by atoms with Crippen LogP contribution in [0.1, 0.15) is 24.5 Å². The second-order valence-corrected chi connectivity index (χ2v) is 5.18. The zero-order valence-electron chi connectivity index (χ0n) is 10.5. The predicted molar refractivity (Wildman–Crippen MR) is 76.5 cm³/mol. The Morgan fingerprint density at radius 3 is 2.71 bits per heavy atom. The Morgan fingerprint density at radius 2 is 2.00 bits per heavy atom. The SMILES string of the molecule is CCCNCc1ccccc1-c1sccc1C. The predicted octanol–water partition coefficient (Wildman–Crippen LogP) is 4.22. The van der Waals surface area contributed by atoms with Gasteiger partial charge in [-0.3, -0.25) is 0 Å². The van der Waals surface area contributed by atoms with Gasteiger partial charge in [-0.25, -0.2) is 0 Å². The molecule has 1 N–H and O–H groups in total. The third-order valence-electron chi connectivity index (χ3n) is 2.87. The zero-order chi connectivity index (χ0) is 12.1. The fourth-order valence-corrected chi connectivity index (χ4v) is 2.93. The molecule has 1 aromatic carbocycles. The van der Waals surface area contributed by atoms with Gasteiger partial charge in [0.1, 0.15) is 0 Å². The maximum Gasteiger partial charge on any atom is 0.0375 e. The highest BCUT2D eigenvalue weighted by Gasteiger charge is 2.07. The molecule has 0 saturated heterocycles. The van der Waals surface area contributed by atoms with E-state index in [2.05, 4.69) is 54.9 Å². The Labute approximate surface area is 108 Å². The maximum atomic E-state index is 3.48. The first kappa shape index (κ1) is 12.3. The molecule has 1 aromatic heterocycles. The molecule has 17 heavy (non-hydrogen) atoms. The quantitative estimate of drug-likeness (QED) is 0.778. The van der Waals surface area contributed by atoms with Crippen LogP contribution < -0.4 is 5.32 Å². The maximum absolute atomic E-state index is 3.48. The lowest BCUT2D eigenvalue weighted by Crippen LogP contribution is -2.14. The molecule has 0 spiro atoms. The number of rotatable bonds is 5. The van der Waals surface area contributed by atoms with E-state index in [-0.39, 0.29) is 0 Å². The summed E-state index contributed by atoms with van der Waals surface area (Å²) in [5.41, 5.74) is 4.15. The van der Waals surface area contributed by atoms with Crippen LogP contribution in [-0.4, -0.2) is 6.54 Å². The first-order chi connectivity index (χ1) is 8.33. The van der Waals surface area contributed by atoms with Crippen LogP contribution in [0.4, 0.5) is 0 Å². The van der Waals surface area contributed by atoms with Crippen molar-refractivity contribution in [1.82, 2.24) is 5.32 Å². The van der Waals surface area contributed by atoms with E-state index in [1.54, 1.807) is 0 Å². The zero-order valence-corrected chi connectivity index (χ0v) is 11.3. The third-order valence-corrected chi connectivity index (χ3v) is 3.92. The molecule has 1 nitrogen and oxygen atoms in total. The van der Waals surface area contributed by atoms with E-state index in [4.69, 9.17) is 0 Å². The molecular weight excluding hydrogens is 226 g/mol. The molecule has 0 aliphatic carbocycles. The van der Waals surface area contributed by atoms with Crippen LogP contribution in [0, 0.1) is 6.92 Å². The van der Waals surface area contributed by atoms with Gasteiger partial charge in [0.25, 0.3) is 0 Å². The van der Waals surface area contributed by atoms with Crippen LogP contribution in [0.25, 0.3) is 10.4 Å². The van der Waals surface area contributed by atoms with E-state index in [0.717, 1.165) is 13.1 Å². The van der Waals surface area contributed by atoms with Crippen molar-refractivity contribution in [3.8, 4) is 10.4 Å². The van der Waals surface area contributed by atoms with Gasteiger partial charge in [-0.1, -0.05) is 31.2 Å². The van der Waals surface area contributed by atoms with Crippen molar-refractivity contribution in [2.75, 3.05) is 6.54 Å². The van der Waals surface area contributed by atoms with Gasteiger partial charge < -0.3 is 5.32 Å². The van der Waals surface area contributed by atoms with Gasteiger partial charge in [0.15, 0.2) is 0 Å². The highest BCUT2D eigenvalue weighted by Crippen LogP contribution is 2.31. The second kappa shape index (κ2) is 5.99. The summed E-state index contributed by atoms with van der Waals surface area (Å²) in [5, 5.41) is 5.65. The van der Waals surface area contributed by atoms with Gasteiger partial charge in [0.2, 0.25) is 0 Å². The van der Waals surface area contributed by atoms with E-state index >= 15 is 0 Å². The third kappa shape index (κ3) is 2.96. The van der Waals surface area contributed by atoms with Gasteiger partial charge in [0.05, 0.1) is 0 Å². The van der Waals surface area contributed by atoms with E-state index in [0.29, 0.717) is 0 Å². The molecule has 0 saturated carbocycles. The standard InChI is InChI=1S/C15H19NS/c1-3-9-16-11-13-6-4-5-7-14(13)15-12(2)8-10-17-15/h4-8,10,16H,3,9,11H2,1-2H3. The van der Waals surface area contributed by atoms with Crippen molar-refractivity contribution >= 4 is 11.3 Å². The van der Waals surface area contributed by atoms with Gasteiger partial charge >= 0.3 is 0 Å². The lowest BCUT2D eigenvalue weighted by molar-refractivity contribution is 0.676. The van der Waals surface area contributed by atoms with Crippen molar-refractivity contribution in [2.45, 2.75) is 26.8 Å². The molecule has 0 fully saturated rings. The molecule has 1 heterocycles. The minimum Gasteiger partial charge on any atom is -0.313 e. The summed E-state index contributed by atoms with van der Waals surface area (Å²) in [4.78, 5) is 1.40. The van der Waals surface area contributed by atoms with E-state index < -0.39 is 0 Å². The molecule has 0 aliphatic heterocycles. The average molecular weight is 245 g/mol. The Hall–Kier alpha value is -1.12. The summed E-state index contributed by atoms with van der Waals surface area (Å²) in [6, 6.07) is 10.9. The number of thiophene rings is 1. The summed E-state index contributed by atoms with van der Waals surface area (Å²) < 4.78 is 0. The summed E-state index contributed by atoms with van der Waals surface area (Å²) in [5.74, 6) is 0. The second-order valence-electron chi connectivity index (χ2n) is 4.27. The molecule has 0 aliphatic rings. The molecule has 0 atom stereocenters. The highest BCUT2D eigenvalue weighted by atomic mass is 32.1. The molecule has 0 radical (unpaired) electrons. The summed E-state index contributed by atoms with van der Waals surface area (Å²) in [7, 11) is 0. The van der Waals surface area contributed by atoms with Crippen molar-refractivity contribution < 1.29 is 0 Å². The van der Waals surface area contributed by atoms with Gasteiger partial charge in [-0.15, -0.1) is 11.3 Å².